The SMILES string of the molecule is CC(C)Cn1nc(C(=O)OCc2coc(-c3cccs3)n2)c2ccccc2c1=O. The van der Waals surface area contributed by atoms with Gasteiger partial charge in [0.2, 0.25) is 5.89 Å². The standard InChI is InChI=1S/C21H19N3O4S/c1-13(2)10-24-20(25)16-7-4-3-6-15(16)18(23-24)21(26)28-12-14-11-27-19(22-14)17-8-5-9-29-17/h3-9,11,13H,10,12H2,1-2H3. The van der Waals surface area contributed by atoms with Gasteiger partial charge in [-0.15, -0.1) is 11.3 Å². The lowest BCUT2D eigenvalue weighted by Crippen LogP contribution is -2.28. The number of thiophene rings is 1. The van der Waals surface area contributed by atoms with E-state index in [1.165, 1.54) is 22.3 Å². The first-order valence-electron chi connectivity index (χ1n) is 9.18. The summed E-state index contributed by atoms with van der Waals surface area (Å²) in [6.45, 7) is 4.33. The topological polar surface area (TPSA) is 87.2 Å². The molecule has 8 heteroatoms. The Balaban J connectivity index is 1.60. The molecule has 4 aromatic rings. The largest absolute Gasteiger partial charge is 0.454 e. The third kappa shape index (κ3) is 3.97. The van der Waals surface area contributed by atoms with Crippen LogP contribution >= 0.6 is 11.3 Å². The Bertz CT molecular complexity index is 1210. The maximum Gasteiger partial charge on any atom is 0.359 e. The molecule has 0 radical (unpaired) electrons. The Morgan fingerprint density at radius 2 is 2.00 bits per heavy atom. The highest BCUT2D eigenvalue weighted by Gasteiger charge is 2.19. The number of benzene rings is 1. The van der Waals surface area contributed by atoms with E-state index in [0.29, 0.717) is 28.9 Å². The van der Waals surface area contributed by atoms with E-state index in [1.807, 2.05) is 31.4 Å². The summed E-state index contributed by atoms with van der Waals surface area (Å²) in [6, 6.07) is 10.7. The van der Waals surface area contributed by atoms with Gasteiger partial charge in [-0.25, -0.2) is 14.5 Å². The Morgan fingerprint density at radius 1 is 1.21 bits per heavy atom. The predicted octanol–water partition coefficient (Wildman–Crippen LogP) is 4.13. The summed E-state index contributed by atoms with van der Waals surface area (Å²) in [6.07, 6.45) is 1.47. The number of carbonyl (C=O) groups excluding carboxylic acids is 1. The zero-order valence-corrected chi connectivity index (χ0v) is 16.8. The van der Waals surface area contributed by atoms with Crippen molar-refractivity contribution in [2.75, 3.05) is 0 Å². The molecule has 0 spiro atoms. The van der Waals surface area contributed by atoms with Crippen LogP contribution in [0.25, 0.3) is 21.5 Å². The normalized spacial score (nSPS) is 11.3. The highest BCUT2D eigenvalue weighted by Crippen LogP contribution is 2.24. The van der Waals surface area contributed by atoms with Gasteiger partial charge in [0.15, 0.2) is 5.69 Å². The highest BCUT2D eigenvalue weighted by molar-refractivity contribution is 7.13. The second-order valence-electron chi connectivity index (χ2n) is 6.97. The summed E-state index contributed by atoms with van der Waals surface area (Å²) in [5, 5.41) is 7.13. The summed E-state index contributed by atoms with van der Waals surface area (Å²) in [7, 11) is 0. The number of nitrogens with zero attached hydrogens (tertiary/aromatic N) is 3. The lowest BCUT2D eigenvalue weighted by molar-refractivity contribution is 0.0460. The van der Waals surface area contributed by atoms with Gasteiger partial charge in [-0.3, -0.25) is 4.79 Å². The quantitative estimate of drug-likeness (QED) is 0.445. The molecule has 29 heavy (non-hydrogen) atoms. The van der Waals surface area contributed by atoms with Crippen LogP contribution in [0, 0.1) is 5.92 Å². The summed E-state index contributed by atoms with van der Waals surface area (Å²) in [5.41, 5.74) is 0.396. The molecule has 3 heterocycles. The molecule has 7 nitrogen and oxygen atoms in total. The molecule has 0 aliphatic rings. The number of carbonyl (C=O) groups is 1. The van der Waals surface area contributed by atoms with Gasteiger partial charge in [0.05, 0.1) is 10.3 Å². The van der Waals surface area contributed by atoms with Crippen LogP contribution in [0.5, 0.6) is 0 Å². The predicted molar refractivity (Wildman–Crippen MR) is 110 cm³/mol. The molecule has 0 atom stereocenters. The fourth-order valence-electron chi connectivity index (χ4n) is 2.95. The monoisotopic (exact) mass is 409 g/mol. The van der Waals surface area contributed by atoms with Gasteiger partial charge in [-0.1, -0.05) is 38.1 Å². The molecular formula is C21H19N3O4S. The van der Waals surface area contributed by atoms with Gasteiger partial charge in [0.25, 0.3) is 5.56 Å². The third-order valence-corrected chi connectivity index (χ3v) is 5.09. The maximum absolute atomic E-state index is 12.8. The fourth-order valence-corrected chi connectivity index (χ4v) is 3.61. The summed E-state index contributed by atoms with van der Waals surface area (Å²) >= 11 is 1.51. The Hall–Kier alpha value is -3.26. The van der Waals surface area contributed by atoms with Crippen molar-refractivity contribution in [1.29, 1.82) is 0 Å². The average molecular weight is 409 g/mol. The van der Waals surface area contributed by atoms with E-state index in [2.05, 4.69) is 10.1 Å². The summed E-state index contributed by atoms with van der Waals surface area (Å²) < 4.78 is 12.2. The van der Waals surface area contributed by atoms with Crippen LogP contribution < -0.4 is 5.56 Å². The lowest BCUT2D eigenvalue weighted by Gasteiger charge is -2.12. The van der Waals surface area contributed by atoms with Gasteiger partial charge < -0.3 is 9.15 Å². The molecule has 3 aromatic heterocycles. The van der Waals surface area contributed by atoms with E-state index in [9.17, 15) is 9.59 Å². The number of hydrogen-bond acceptors (Lipinski definition) is 7. The van der Waals surface area contributed by atoms with E-state index < -0.39 is 5.97 Å². The van der Waals surface area contributed by atoms with Gasteiger partial charge in [-0.05, 0) is 23.4 Å². The summed E-state index contributed by atoms with van der Waals surface area (Å²) in [4.78, 5) is 30.7. The molecule has 0 fully saturated rings. The number of aromatic nitrogens is 3. The van der Waals surface area contributed by atoms with E-state index in [-0.39, 0.29) is 23.8 Å². The Kier molecular flexibility index (Phi) is 5.26. The lowest BCUT2D eigenvalue weighted by atomic mass is 10.1. The molecule has 0 aliphatic heterocycles. The maximum atomic E-state index is 12.8. The second-order valence-corrected chi connectivity index (χ2v) is 7.92. The minimum atomic E-state index is -0.612. The molecule has 0 bridgehead atoms. The van der Waals surface area contributed by atoms with E-state index >= 15 is 0 Å². The van der Waals surface area contributed by atoms with E-state index in [4.69, 9.17) is 9.15 Å². The van der Waals surface area contributed by atoms with Crippen LogP contribution in [0.1, 0.15) is 30.0 Å². The van der Waals surface area contributed by atoms with Crippen molar-refractivity contribution in [2.45, 2.75) is 27.0 Å². The van der Waals surface area contributed by atoms with Gasteiger partial charge in [0, 0.05) is 11.9 Å². The Morgan fingerprint density at radius 3 is 2.72 bits per heavy atom. The van der Waals surface area contributed by atoms with Crippen molar-refractivity contribution >= 4 is 28.1 Å². The van der Waals surface area contributed by atoms with Crippen LogP contribution in [0.3, 0.4) is 0 Å². The van der Waals surface area contributed by atoms with Crippen LogP contribution in [-0.4, -0.2) is 20.7 Å². The van der Waals surface area contributed by atoms with E-state index in [0.717, 1.165) is 4.88 Å². The highest BCUT2D eigenvalue weighted by atomic mass is 32.1. The number of oxazole rings is 1. The van der Waals surface area contributed by atoms with Crippen molar-refractivity contribution in [3.63, 3.8) is 0 Å². The molecule has 1 aromatic carbocycles. The van der Waals surface area contributed by atoms with Crippen molar-refractivity contribution in [2.24, 2.45) is 5.92 Å². The molecule has 0 saturated heterocycles. The zero-order chi connectivity index (χ0) is 20.4. The van der Waals surface area contributed by atoms with Crippen LogP contribution in [0.15, 0.2) is 57.3 Å². The van der Waals surface area contributed by atoms with Crippen molar-refractivity contribution in [1.82, 2.24) is 14.8 Å². The Labute approximate surface area is 170 Å². The average Bonchev–Trinajstić information content (AvgIpc) is 3.39. The minimum absolute atomic E-state index is 0.0486. The first kappa shape index (κ1) is 19.1. The molecule has 148 valence electrons. The van der Waals surface area contributed by atoms with Crippen molar-refractivity contribution in [3.8, 4) is 10.8 Å². The first-order chi connectivity index (χ1) is 14.0. The van der Waals surface area contributed by atoms with Gasteiger partial charge in [0.1, 0.15) is 18.6 Å². The molecule has 0 aliphatic carbocycles. The van der Waals surface area contributed by atoms with Gasteiger partial charge >= 0.3 is 5.97 Å². The first-order valence-corrected chi connectivity index (χ1v) is 10.1. The summed E-state index contributed by atoms with van der Waals surface area (Å²) in [5.74, 6) is 0.0792. The van der Waals surface area contributed by atoms with Crippen LogP contribution in [0.2, 0.25) is 0 Å². The fraction of sp³-hybridized carbons (Fsp3) is 0.238. The van der Waals surface area contributed by atoms with Gasteiger partial charge in [-0.2, -0.15) is 5.10 Å². The number of hydrogen-bond donors (Lipinski definition) is 0. The van der Waals surface area contributed by atoms with Crippen LogP contribution in [-0.2, 0) is 17.9 Å². The number of fused-ring (bicyclic) bond motifs is 1. The zero-order valence-electron chi connectivity index (χ0n) is 16.0. The number of esters is 1. The molecule has 0 N–H and O–H groups in total. The molecular weight excluding hydrogens is 390 g/mol. The van der Waals surface area contributed by atoms with Crippen molar-refractivity contribution in [3.05, 3.63) is 69.8 Å². The number of rotatable bonds is 6. The van der Waals surface area contributed by atoms with Crippen LogP contribution in [0.4, 0.5) is 0 Å². The van der Waals surface area contributed by atoms with E-state index in [1.54, 1.807) is 24.3 Å². The molecule has 0 unspecified atom stereocenters. The van der Waals surface area contributed by atoms with Crippen molar-refractivity contribution < 1.29 is 13.9 Å². The molecule has 0 saturated carbocycles. The minimum Gasteiger partial charge on any atom is -0.454 e. The number of ether oxygens (including phenoxy) is 1. The second kappa shape index (κ2) is 8.00. The third-order valence-electron chi connectivity index (χ3n) is 4.23. The smallest absolute Gasteiger partial charge is 0.359 e. The molecule has 0 amide bonds. The molecule has 4 rings (SSSR count).